The summed E-state index contributed by atoms with van der Waals surface area (Å²) >= 11 is 0. The molecule has 1 aliphatic heterocycles. The van der Waals surface area contributed by atoms with E-state index >= 15 is 0 Å². The zero-order chi connectivity index (χ0) is 18.6. The lowest BCUT2D eigenvalue weighted by Gasteiger charge is -2.38. The summed E-state index contributed by atoms with van der Waals surface area (Å²) in [6, 6.07) is 3.75. The normalized spacial score (nSPS) is 29.0. The van der Waals surface area contributed by atoms with Crippen LogP contribution in [-0.4, -0.2) is 22.7 Å². The van der Waals surface area contributed by atoms with Crippen LogP contribution < -0.4 is 9.64 Å². The fraction of sp³-hybridized carbons (Fsp3) is 0.389. The number of nitro groups is 1. The van der Waals surface area contributed by atoms with Gasteiger partial charge in [-0.25, -0.2) is 4.90 Å². The second-order valence-electron chi connectivity index (χ2n) is 6.86. The number of imide groups is 1. The van der Waals surface area contributed by atoms with Crippen molar-refractivity contribution in [2.24, 2.45) is 23.7 Å². The Hall–Kier alpha value is -3.03. The number of hydrogen-bond donors (Lipinski definition) is 0. The number of benzene rings is 1. The molecular weight excluding hydrogens is 340 g/mol. The number of nitro benzene ring substituents is 1. The Kier molecular flexibility index (Phi) is 3.64. The van der Waals surface area contributed by atoms with Gasteiger partial charge in [-0.05, 0) is 36.8 Å². The van der Waals surface area contributed by atoms with Crippen molar-refractivity contribution in [3.8, 4) is 5.75 Å². The molecule has 8 heteroatoms. The van der Waals surface area contributed by atoms with Gasteiger partial charge >= 0.3 is 11.7 Å². The van der Waals surface area contributed by atoms with Crippen LogP contribution in [0.4, 0.5) is 11.4 Å². The quantitative estimate of drug-likeness (QED) is 0.205. The number of amides is 2. The lowest BCUT2D eigenvalue weighted by atomic mass is 9.63. The van der Waals surface area contributed by atoms with Crippen molar-refractivity contribution in [1.29, 1.82) is 0 Å². The van der Waals surface area contributed by atoms with E-state index in [-0.39, 0.29) is 35.1 Å². The number of carbonyl (C=O) groups is 3. The molecule has 0 radical (unpaired) electrons. The molecule has 1 saturated heterocycles. The van der Waals surface area contributed by atoms with E-state index in [4.69, 9.17) is 4.74 Å². The summed E-state index contributed by atoms with van der Waals surface area (Å²) in [4.78, 5) is 48.6. The van der Waals surface area contributed by atoms with Crippen molar-refractivity contribution in [2.45, 2.75) is 19.8 Å². The number of hydrogen-bond acceptors (Lipinski definition) is 6. The molecule has 2 bridgehead atoms. The Balaban J connectivity index is 1.73. The van der Waals surface area contributed by atoms with E-state index in [1.807, 2.05) is 12.2 Å². The lowest BCUT2D eigenvalue weighted by Crippen LogP contribution is -2.38. The molecule has 8 nitrogen and oxygen atoms in total. The predicted molar refractivity (Wildman–Crippen MR) is 89.2 cm³/mol. The van der Waals surface area contributed by atoms with Crippen LogP contribution in [0.15, 0.2) is 30.4 Å². The molecule has 134 valence electrons. The molecule has 0 spiro atoms. The number of esters is 1. The van der Waals surface area contributed by atoms with Gasteiger partial charge in [0.15, 0.2) is 0 Å². The zero-order valence-corrected chi connectivity index (χ0v) is 14.0. The van der Waals surface area contributed by atoms with E-state index in [2.05, 4.69) is 0 Å². The summed E-state index contributed by atoms with van der Waals surface area (Å²) in [6.07, 6.45) is 5.77. The number of fused-ring (bicyclic) bond motifs is 1. The van der Waals surface area contributed by atoms with Crippen LogP contribution in [0.1, 0.15) is 19.8 Å². The Labute approximate surface area is 148 Å². The highest BCUT2D eigenvalue weighted by molar-refractivity contribution is 6.22. The molecule has 5 rings (SSSR count). The predicted octanol–water partition coefficient (Wildman–Crippen LogP) is 2.22. The Morgan fingerprint density at radius 3 is 2.19 bits per heavy atom. The second kappa shape index (κ2) is 5.76. The van der Waals surface area contributed by atoms with Gasteiger partial charge in [-0.1, -0.05) is 12.2 Å². The van der Waals surface area contributed by atoms with E-state index in [0.29, 0.717) is 0 Å². The highest BCUT2D eigenvalue weighted by Gasteiger charge is 2.57. The van der Waals surface area contributed by atoms with Gasteiger partial charge in [0.05, 0.1) is 22.4 Å². The third-order valence-electron chi connectivity index (χ3n) is 5.41. The van der Waals surface area contributed by atoms with E-state index < -0.39 is 28.4 Å². The fourth-order valence-corrected chi connectivity index (χ4v) is 4.36. The molecule has 1 aromatic carbocycles. The van der Waals surface area contributed by atoms with Crippen molar-refractivity contribution in [3.63, 3.8) is 0 Å². The minimum Gasteiger partial charge on any atom is -0.419 e. The number of ether oxygens (including phenoxy) is 1. The van der Waals surface area contributed by atoms with Gasteiger partial charge in [0.2, 0.25) is 17.6 Å². The molecule has 4 atom stereocenters. The van der Waals surface area contributed by atoms with E-state index in [1.165, 1.54) is 12.1 Å². The molecule has 3 aliphatic carbocycles. The molecule has 0 unspecified atom stereocenters. The Bertz CT molecular complexity index is 844. The summed E-state index contributed by atoms with van der Waals surface area (Å²) in [5.74, 6) is -2.23. The monoisotopic (exact) mass is 356 g/mol. The third kappa shape index (κ3) is 2.33. The van der Waals surface area contributed by atoms with E-state index in [1.54, 1.807) is 0 Å². The summed E-state index contributed by atoms with van der Waals surface area (Å²) in [5.41, 5.74) is -0.328. The minimum absolute atomic E-state index is 0.0433. The summed E-state index contributed by atoms with van der Waals surface area (Å²) in [5, 5.41) is 11.3. The second-order valence-corrected chi connectivity index (χ2v) is 6.86. The summed E-state index contributed by atoms with van der Waals surface area (Å²) < 4.78 is 4.84. The van der Waals surface area contributed by atoms with Crippen molar-refractivity contribution >= 4 is 29.2 Å². The van der Waals surface area contributed by atoms with Crippen molar-refractivity contribution in [1.82, 2.24) is 0 Å². The van der Waals surface area contributed by atoms with E-state index in [0.717, 1.165) is 30.7 Å². The smallest absolute Gasteiger partial charge is 0.313 e. The molecular formula is C18H16N2O6. The number of nitrogens with zero attached hydrogens (tertiary/aromatic N) is 2. The SMILES string of the molecule is CC(=O)Oc1ccc(N2C(=O)[C@H]3[C@H](C2=O)[C@@H]2C=C[C@@H]3CC2)cc1[N+](=O)[O-]. The topological polar surface area (TPSA) is 107 Å². The van der Waals surface area contributed by atoms with Crippen LogP contribution in [-0.2, 0) is 14.4 Å². The van der Waals surface area contributed by atoms with Crippen molar-refractivity contribution in [3.05, 3.63) is 40.5 Å². The molecule has 1 aromatic rings. The third-order valence-corrected chi connectivity index (χ3v) is 5.41. The van der Waals surface area contributed by atoms with Gasteiger partial charge in [0.1, 0.15) is 0 Å². The summed E-state index contributed by atoms with van der Waals surface area (Å²) in [6.45, 7) is 1.14. The molecule has 2 amide bonds. The summed E-state index contributed by atoms with van der Waals surface area (Å²) in [7, 11) is 0. The van der Waals surface area contributed by atoms with Gasteiger partial charge in [0, 0.05) is 13.0 Å². The lowest BCUT2D eigenvalue weighted by molar-refractivity contribution is -0.385. The van der Waals surface area contributed by atoms with Crippen LogP contribution in [0.25, 0.3) is 0 Å². The van der Waals surface area contributed by atoms with Crippen LogP contribution in [0.5, 0.6) is 5.75 Å². The first-order valence-corrected chi connectivity index (χ1v) is 8.41. The molecule has 26 heavy (non-hydrogen) atoms. The Morgan fingerprint density at radius 1 is 1.15 bits per heavy atom. The fourth-order valence-electron chi connectivity index (χ4n) is 4.36. The van der Waals surface area contributed by atoms with Gasteiger partial charge in [0.25, 0.3) is 0 Å². The highest BCUT2D eigenvalue weighted by Crippen LogP contribution is 2.50. The van der Waals surface area contributed by atoms with Gasteiger partial charge in [-0.3, -0.25) is 24.5 Å². The first-order chi connectivity index (χ1) is 12.4. The average molecular weight is 356 g/mol. The zero-order valence-electron chi connectivity index (χ0n) is 14.0. The maximum absolute atomic E-state index is 12.9. The molecule has 2 fully saturated rings. The number of rotatable bonds is 3. The molecule has 4 aliphatic rings. The van der Waals surface area contributed by atoms with Crippen LogP contribution >= 0.6 is 0 Å². The standard InChI is InChI=1S/C18H16N2O6/c1-9(21)26-14-7-6-12(8-13(14)20(24)25)19-17(22)15-10-2-3-11(5-4-10)16(15)18(19)23/h2-3,6-8,10-11,15-16H,4-5H2,1H3/t10-,11-,15-,16-/m1/s1. The van der Waals surface area contributed by atoms with Crippen molar-refractivity contribution < 1.29 is 24.0 Å². The molecule has 1 heterocycles. The average Bonchev–Trinajstić information content (AvgIpc) is 2.89. The first kappa shape index (κ1) is 16.4. The Morgan fingerprint density at radius 2 is 1.73 bits per heavy atom. The minimum atomic E-state index is -0.703. The van der Waals surface area contributed by atoms with Crippen molar-refractivity contribution in [2.75, 3.05) is 4.90 Å². The van der Waals surface area contributed by atoms with Crippen LogP contribution in [0.3, 0.4) is 0 Å². The van der Waals surface area contributed by atoms with Crippen LogP contribution in [0.2, 0.25) is 0 Å². The molecule has 0 aromatic heterocycles. The van der Waals surface area contributed by atoms with Gasteiger partial charge in [-0.2, -0.15) is 0 Å². The number of allylic oxidation sites excluding steroid dienone is 2. The van der Waals surface area contributed by atoms with Gasteiger partial charge < -0.3 is 4.74 Å². The largest absolute Gasteiger partial charge is 0.419 e. The molecule has 0 N–H and O–H groups in total. The molecule has 1 saturated carbocycles. The first-order valence-electron chi connectivity index (χ1n) is 8.41. The van der Waals surface area contributed by atoms with Crippen LogP contribution in [0, 0.1) is 33.8 Å². The van der Waals surface area contributed by atoms with E-state index in [9.17, 15) is 24.5 Å². The maximum atomic E-state index is 12.9. The number of carbonyl (C=O) groups excluding carboxylic acids is 3. The highest BCUT2D eigenvalue weighted by atomic mass is 16.6. The number of anilines is 1. The maximum Gasteiger partial charge on any atom is 0.313 e. The van der Waals surface area contributed by atoms with Gasteiger partial charge in [-0.15, -0.1) is 0 Å².